The molecule has 11 nitrogen and oxygen atoms in total. The van der Waals surface area contributed by atoms with E-state index in [0.717, 1.165) is 44.3 Å². The number of carbonyl (C=O) groups excluding carboxylic acids is 2. The van der Waals surface area contributed by atoms with E-state index in [0.29, 0.717) is 25.6 Å². The molecule has 2 heterocycles. The molecule has 2 amide bonds. The smallest absolute Gasteiger partial charge is 0.409 e. The Labute approximate surface area is 277 Å². The topological polar surface area (TPSA) is 128 Å². The van der Waals surface area contributed by atoms with Gasteiger partial charge in [-0.25, -0.2) is 4.79 Å². The van der Waals surface area contributed by atoms with E-state index in [-0.39, 0.29) is 74.2 Å². The third kappa shape index (κ3) is 15.3. The molecule has 2 aliphatic heterocycles. The van der Waals surface area contributed by atoms with Crippen molar-refractivity contribution in [3.63, 3.8) is 0 Å². The van der Waals surface area contributed by atoms with Crippen molar-refractivity contribution in [2.24, 2.45) is 11.8 Å². The molecular weight excluding hydrogens is 590 g/mol. The molecule has 2 saturated heterocycles. The third-order valence-electron chi connectivity index (χ3n) is 8.63. The van der Waals surface area contributed by atoms with Crippen LogP contribution < -0.4 is 10.6 Å². The Hall–Kier alpha value is -2.02. The summed E-state index contributed by atoms with van der Waals surface area (Å²) >= 11 is 0. The molecule has 7 atom stereocenters. The molecule has 2 aliphatic rings. The Morgan fingerprint density at radius 2 is 1.89 bits per heavy atom. The lowest BCUT2D eigenvalue weighted by Gasteiger charge is -2.35. The van der Waals surface area contributed by atoms with Crippen molar-refractivity contribution in [3.8, 4) is 0 Å². The Morgan fingerprint density at radius 1 is 1.13 bits per heavy atom. The van der Waals surface area contributed by atoms with Crippen LogP contribution in [-0.2, 0) is 28.5 Å². The van der Waals surface area contributed by atoms with Gasteiger partial charge < -0.3 is 44.3 Å². The molecule has 0 spiro atoms. The molecule has 3 N–H and O–H groups in total. The fraction of sp³-hybridized carbons (Fsp3) is 0.829. The van der Waals surface area contributed by atoms with Crippen molar-refractivity contribution in [3.05, 3.63) is 23.8 Å². The molecule has 0 aromatic carbocycles. The van der Waals surface area contributed by atoms with Crippen LogP contribution in [0.3, 0.4) is 0 Å². The van der Waals surface area contributed by atoms with Crippen molar-refractivity contribution in [1.82, 2.24) is 15.5 Å². The minimum Gasteiger partial charge on any atom is -0.447 e. The van der Waals surface area contributed by atoms with E-state index in [1.165, 1.54) is 0 Å². The van der Waals surface area contributed by atoms with Crippen molar-refractivity contribution in [2.75, 3.05) is 59.7 Å². The summed E-state index contributed by atoms with van der Waals surface area (Å²) in [6.45, 7) is 18.5. The van der Waals surface area contributed by atoms with Crippen LogP contribution in [0, 0.1) is 11.8 Å². The number of amides is 2. The average Bonchev–Trinajstić information content (AvgIpc) is 3.27. The normalized spacial score (nSPS) is 24.2. The number of nitrogens with one attached hydrogen (secondary N) is 2. The maximum absolute atomic E-state index is 12.4. The zero-order valence-electron chi connectivity index (χ0n) is 29.7. The molecule has 2 fully saturated rings. The summed E-state index contributed by atoms with van der Waals surface area (Å²) in [4.78, 5) is 26.2. The largest absolute Gasteiger partial charge is 0.447 e. The predicted octanol–water partition coefficient (Wildman–Crippen LogP) is 4.23. The fourth-order valence-electron chi connectivity index (χ4n) is 6.34. The van der Waals surface area contributed by atoms with Gasteiger partial charge in [0.05, 0.1) is 43.2 Å². The minimum atomic E-state index is -0.607. The second-order valence-electron chi connectivity index (χ2n) is 13.6. The second kappa shape index (κ2) is 21.1. The van der Waals surface area contributed by atoms with Gasteiger partial charge in [-0.3, -0.25) is 4.79 Å². The number of allylic oxidation sites excluding steroid dienone is 3. The minimum absolute atomic E-state index is 0.000647. The predicted molar refractivity (Wildman–Crippen MR) is 180 cm³/mol. The highest BCUT2D eigenvalue weighted by atomic mass is 16.6. The van der Waals surface area contributed by atoms with Gasteiger partial charge in [-0.1, -0.05) is 32.1 Å². The lowest BCUT2D eigenvalue weighted by Crippen LogP contribution is -2.42. The molecule has 0 aromatic rings. The molecule has 1 unspecified atom stereocenters. The van der Waals surface area contributed by atoms with Gasteiger partial charge in [0.25, 0.3) is 0 Å². The van der Waals surface area contributed by atoms with Gasteiger partial charge in [-0.2, -0.15) is 0 Å². The standard InChI is InChI=1S/C35H63N3O8/c1-25(23-35(6,7)46-29(5)33(42-8)28(4)39)11-9-12-26(2)32-27(3)13-14-30(45-32)24-37-31(40)15-20-43-21-22-44-34(41)38-18-10-16-36-17-19-38/h9,11-12,25,27-30,32-33,36,39H,10,13-24H2,1-8H3,(H,37,40)/b11-9+,26-12+/t25-,27+,28-,29?,30-,32-,33+/m1/s1. The number of nitrogens with zero attached hydrogens (tertiary/aromatic N) is 1. The van der Waals surface area contributed by atoms with Crippen LogP contribution in [0.1, 0.15) is 80.6 Å². The number of rotatable bonds is 18. The maximum atomic E-state index is 12.4. The molecule has 0 aliphatic carbocycles. The molecular formula is C35H63N3O8. The number of carbonyl (C=O) groups is 2. The van der Waals surface area contributed by atoms with Gasteiger partial charge >= 0.3 is 6.09 Å². The number of ether oxygens (including phenoxy) is 5. The first kappa shape index (κ1) is 40.2. The summed E-state index contributed by atoms with van der Waals surface area (Å²) in [7, 11) is 1.59. The van der Waals surface area contributed by atoms with Gasteiger partial charge in [0, 0.05) is 39.7 Å². The number of hydrogen-bond acceptors (Lipinski definition) is 9. The van der Waals surface area contributed by atoms with E-state index in [1.807, 2.05) is 6.92 Å². The summed E-state index contributed by atoms with van der Waals surface area (Å²) in [6.07, 6.45) is 8.77. The van der Waals surface area contributed by atoms with Crippen molar-refractivity contribution in [2.45, 2.75) is 117 Å². The molecule has 0 bridgehead atoms. The van der Waals surface area contributed by atoms with Crippen LogP contribution in [0.5, 0.6) is 0 Å². The zero-order chi connectivity index (χ0) is 34.1. The number of methoxy groups -OCH3 is 1. The summed E-state index contributed by atoms with van der Waals surface area (Å²) in [5.41, 5.74) is 0.787. The number of hydrogen-bond donors (Lipinski definition) is 3. The first-order valence-corrected chi connectivity index (χ1v) is 17.2. The molecule has 266 valence electrons. The van der Waals surface area contributed by atoms with Gasteiger partial charge in [-0.05, 0) is 84.3 Å². The van der Waals surface area contributed by atoms with E-state index in [1.54, 1.807) is 18.9 Å². The SMILES string of the molecule is CO[C@H](C(C)OC(C)(C)C[C@H](C)/C=C/C=C(\C)[C@H]1O[C@@H](CNC(=O)CCOCCOC(=O)N2CCCNCC2)CC[C@@H]1C)[C@@H](C)O. The third-order valence-corrected chi connectivity index (χ3v) is 8.63. The summed E-state index contributed by atoms with van der Waals surface area (Å²) in [5.74, 6) is 0.596. The zero-order valence-corrected chi connectivity index (χ0v) is 29.7. The van der Waals surface area contributed by atoms with E-state index in [9.17, 15) is 14.7 Å². The molecule has 0 aromatic heterocycles. The molecule has 0 radical (unpaired) electrons. The summed E-state index contributed by atoms with van der Waals surface area (Å²) in [6, 6.07) is 0. The summed E-state index contributed by atoms with van der Waals surface area (Å²) in [5, 5.41) is 16.2. The van der Waals surface area contributed by atoms with Gasteiger partial charge in [0.1, 0.15) is 12.7 Å². The van der Waals surface area contributed by atoms with Gasteiger partial charge in [0.2, 0.25) is 5.91 Å². The molecule has 11 heteroatoms. The quantitative estimate of drug-likeness (QED) is 0.147. The average molecular weight is 654 g/mol. The second-order valence-corrected chi connectivity index (χ2v) is 13.6. The Morgan fingerprint density at radius 3 is 2.61 bits per heavy atom. The van der Waals surface area contributed by atoms with E-state index in [4.69, 9.17) is 23.7 Å². The lowest BCUT2D eigenvalue weighted by molar-refractivity contribution is -0.149. The Balaban J connectivity index is 1.68. The highest BCUT2D eigenvalue weighted by Crippen LogP contribution is 2.29. The van der Waals surface area contributed by atoms with Gasteiger partial charge in [-0.15, -0.1) is 0 Å². The van der Waals surface area contributed by atoms with E-state index < -0.39 is 6.10 Å². The van der Waals surface area contributed by atoms with Crippen LogP contribution in [0.4, 0.5) is 4.79 Å². The molecule has 46 heavy (non-hydrogen) atoms. The first-order valence-electron chi connectivity index (χ1n) is 17.2. The van der Waals surface area contributed by atoms with Crippen LogP contribution >= 0.6 is 0 Å². The Bertz CT molecular complexity index is 948. The Kier molecular flexibility index (Phi) is 18.4. The van der Waals surface area contributed by atoms with E-state index >= 15 is 0 Å². The van der Waals surface area contributed by atoms with Crippen LogP contribution in [0.2, 0.25) is 0 Å². The lowest BCUT2D eigenvalue weighted by atomic mass is 9.89. The van der Waals surface area contributed by atoms with Crippen molar-refractivity contribution in [1.29, 1.82) is 0 Å². The highest BCUT2D eigenvalue weighted by Gasteiger charge is 2.31. The fourth-order valence-corrected chi connectivity index (χ4v) is 6.34. The van der Waals surface area contributed by atoms with Crippen LogP contribution in [0.25, 0.3) is 0 Å². The summed E-state index contributed by atoms with van der Waals surface area (Å²) < 4.78 is 28.9. The van der Waals surface area contributed by atoms with Gasteiger partial charge in [0.15, 0.2) is 0 Å². The van der Waals surface area contributed by atoms with Crippen molar-refractivity contribution >= 4 is 12.0 Å². The molecule has 2 rings (SSSR count). The molecule has 0 saturated carbocycles. The highest BCUT2D eigenvalue weighted by molar-refractivity contribution is 5.75. The number of aliphatic hydroxyl groups is 1. The maximum Gasteiger partial charge on any atom is 0.409 e. The first-order chi connectivity index (χ1) is 21.8. The monoisotopic (exact) mass is 653 g/mol. The van der Waals surface area contributed by atoms with E-state index in [2.05, 4.69) is 63.5 Å². The van der Waals surface area contributed by atoms with Crippen LogP contribution in [-0.4, -0.2) is 118 Å². The van der Waals surface area contributed by atoms with Crippen molar-refractivity contribution < 1.29 is 38.4 Å². The number of aliphatic hydroxyl groups excluding tert-OH is 1. The van der Waals surface area contributed by atoms with Crippen LogP contribution in [0.15, 0.2) is 23.8 Å².